The van der Waals surface area contributed by atoms with Crippen LogP contribution in [0.1, 0.15) is 0 Å². The maximum atomic E-state index is 4.49. The Morgan fingerprint density at radius 2 is 2.00 bits per heavy atom. The number of nitrogens with one attached hydrogen (secondary N) is 1. The fourth-order valence-electron chi connectivity index (χ4n) is 2.17. The molecular weight excluding hydrogens is 224 g/mol. The van der Waals surface area contributed by atoms with E-state index in [4.69, 9.17) is 0 Å². The number of hydrogen-bond acceptors (Lipinski definition) is 3. The van der Waals surface area contributed by atoms with Crippen LogP contribution in [0.5, 0.6) is 0 Å². The van der Waals surface area contributed by atoms with Crippen molar-refractivity contribution >= 4 is 16.9 Å². The van der Waals surface area contributed by atoms with E-state index in [1.807, 2.05) is 32.3 Å². The highest BCUT2D eigenvalue weighted by Crippen LogP contribution is 2.28. The van der Waals surface area contributed by atoms with Gasteiger partial charge in [0.2, 0.25) is 5.95 Å². The minimum atomic E-state index is 0.639. The molecule has 3 rings (SSSR count). The highest BCUT2D eigenvalue weighted by Gasteiger charge is 2.09. The van der Waals surface area contributed by atoms with Crippen molar-refractivity contribution < 1.29 is 0 Å². The van der Waals surface area contributed by atoms with Gasteiger partial charge in [-0.25, -0.2) is 9.97 Å². The fourth-order valence-corrected chi connectivity index (χ4v) is 2.17. The van der Waals surface area contributed by atoms with Crippen LogP contribution in [0, 0.1) is 0 Å². The topological polar surface area (TPSA) is 42.7 Å². The second kappa shape index (κ2) is 4.14. The van der Waals surface area contributed by atoms with Gasteiger partial charge in [-0.05, 0) is 12.1 Å². The number of aromatic nitrogens is 3. The average Bonchev–Trinajstić information content (AvgIpc) is 2.77. The van der Waals surface area contributed by atoms with Crippen molar-refractivity contribution in [2.75, 3.05) is 12.4 Å². The number of nitrogens with zero attached hydrogens (tertiary/aromatic N) is 3. The highest BCUT2D eigenvalue weighted by molar-refractivity contribution is 5.95. The Hall–Kier alpha value is -2.36. The molecule has 0 saturated heterocycles. The molecule has 0 aliphatic carbocycles. The number of anilines is 1. The molecule has 0 bridgehead atoms. The first-order valence-electron chi connectivity index (χ1n) is 5.85. The van der Waals surface area contributed by atoms with Crippen LogP contribution in [-0.4, -0.2) is 21.6 Å². The lowest BCUT2D eigenvalue weighted by Crippen LogP contribution is -1.96. The number of fused-ring (bicyclic) bond motifs is 1. The van der Waals surface area contributed by atoms with Crippen molar-refractivity contribution in [1.29, 1.82) is 0 Å². The molecule has 0 atom stereocenters. The lowest BCUT2D eigenvalue weighted by atomic mass is 10.1. The summed E-state index contributed by atoms with van der Waals surface area (Å²) in [6.45, 7) is 0. The highest BCUT2D eigenvalue weighted by atomic mass is 15.1. The van der Waals surface area contributed by atoms with Gasteiger partial charge in [0, 0.05) is 43.0 Å². The summed E-state index contributed by atoms with van der Waals surface area (Å²) >= 11 is 0. The van der Waals surface area contributed by atoms with E-state index < -0.39 is 0 Å². The molecule has 90 valence electrons. The third-order valence-electron chi connectivity index (χ3n) is 3.05. The van der Waals surface area contributed by atoms with Crippen LogP contribution >= 0.6 is 0 Å². The second-order valence-electron chi connectivity index (χ2n) is 4.19. The number of para-hydroxylation sites is 1. The van der Waals surface area contributed by atoms with E-state index in [9.17, 15) is 0 Å². The number of hydrogen-bond donors (Lipinski definition) is 1. The maximum Gasteiger partial charge on any atom is 0.222 e. The molecule has 0 spiro atoms. The predicted molar refractivity (Wildman–Crippen MR) is 73.5 cm³/mol. The van der Waals surface area contributed by atoms with Crippen LogP contribution in [-0.2, 0) is 7.05 Å². The summed E-state index contributed by atoms with van der Waals surface area (Å²) in [4.78, 5) is 8.63. The summed E-state index contributed by atoms with van der Waals surface area (Å²) in [6, 6.07) is 10.3. The Morgan fingerprint density at radius 1 is 1.17 bits per heavy atom. The van der Waals surface area contributed by atoms with E-state index >= 15 is 0 Å². The van der Waals surface area contributed by atoms with E-state index in [1.165, 1.54) is 10.9 Å². The third-order valence-corrected chi connectivity index (χ3v) is 3.05. The second-order valence-corrected chi connectivity index (χ2v) is 4.19. The van der Waals surface area contributed by atoms with Gasteiger partial charge in [0.05, 0.1) is 5.69 Å². The zero-order valence-electron chi connectivity index (χ0n) is 10.4. The molecule has 1 N–H and O–H groups in total. The van der Waals surface area contributed by atoms with E-state index in [-0.39, 0.29) is 0 Å². The van der Waals surface area contributed by atoms with Gasteiger partial charge in [-0.1, -0.05) is 18.2 Å². The summed E-state index contributed by atoms with van der Waals surface area (Å²) < 4.78 is 2.12. The van der Waals surface area contributed by atoms with Crippen molar-refractivity contribution in [3.63, 3.8) is 0 Å². The Morgan fingerprint density at radius 3 is 2.83 bits per heavy atom. The molecule has 0 amide bonds. The van der Waals surface area contributed by atoms with E-state index in [1.54, 1.807) is 6.20 Å². The van der Waals surface area contributed by atoms with Crippen LogP contribution in [0.25, 0.3) is 22.2 Å². The molecule has 0 aliphatic heterocycles. The van der Waals surface area contributed by atoms with Crippen LogP contribution in [0.4, 0.5) is 5.95 Å². The lowest BCUT2D eigenvalue weighted by molar-refractivity contribution is 0.969. The molecule has 2 aromatic heterocycles. The van der Waals surface area contributed by atoms with Crippen molar-refractivity contribution in [2.24, 2.45) is 7.05 Å². The monoisotopic (exact) mass is 238 g/mol. The first kappa shape index (κ1) is 10.8. The van der Waals surface area contributed by atoms with Crippen molar-refractivity contribution in [2.45, 2.75) is 0 Å². The zero-order chi connectivity index (χ0) is 12.5. The number of aryl methyl sites for hydroxylation is 1. The third kappa shape index (κ3) is 1.62. The van der Waals surface area contributed by atoms with Crippen LogP contribution in [0.2, 0.25) is 0 Å². The molecule has 3 aromatic rings. The van der Waals surface area contributed by atoms with Crippen LogP contribution in [0.15, 0.2) is 42.7 Å². The summed E-state index contributed by atoms with van der Waals surface area (Å²) in [5.41, 5.74) is 3.27. The molecule has 4 nitrogen and oxygen atoms in total. The Kier molecular flexibility index (Phi) is 2.48. The number of rotatable bonds is 2. The average molecular weight is 238 g/mol. The summed E-state index contributed by atoms with van der Waals surface area (Å²) in [5.74, 6) is 0.639. The summed E-state index contributed by atoms with van der Waals surface area (Å²) in [6.07, 6.45) is 3.88. The van der Waals surface area contributed by atoms with Crippen molar-refractivity contribution in [3.05, 3.63) is 42.7 Å². The first-order chi connectivity index (χ1) is 8.79. The smallest absolute Gasteiger partial charge is 0.222 e. The summed E-state index contributed by atoms with van der Waals surface area (Å²) in [7, 11) is 3.87. The minimum Gasteiger partial charge on any atom is -0.357 e. The molecule has 0 radical (unpaired) electrons. The van der Waals surface area contributed by atoms with Crippen molar-refractivity contribution in [3.8, 4) is 11.3 Å². The van der Waals surface area contributed by atoms with Gasteiger partial charge in [-0.3, -0.25) is 0 Å². The molecule has 18 heavy (non-hydrogen) atoms. The van der Waals surface area contributed by atoms with E-state index in [0.717, 1.165) is 11.3 Å². The van der Waals surface area contributed by atoms with Gasteiger partial charge in [-0.2, -0.15) is 0 Å². The molecule has 1 aromatic carbocycles. The van der Waals surface area contributed by atoms with E-state index in [2.05, 4.69) is 38.2 Å². The number of benzene rings is 1. The molecule has 2 heterocycles. The molecule has 0 aliphatic rings. The predicted octanol–water partition coefficient (Wildman–Crippen LogP) is 2.68. The zero-order valence-corrected chi connectivity index (χ0v) is 10.4. The van der Waals surface area contributed by atoms with Crippen LogP contribution < -0.4 is 5.32 Å². The molecule has 0 fully saturated rings. The summed E-state index contributed by atoms with van der Waals surface area (Å²) in [5, 5.41) is 4.17. The van der Waals surface area contributed by atoms with Gasteiger partial charge in [0.1, 0.15) is 0 Å². The van der Waals surface area contributed by atoms with Gasteiger partial charge in [0.15, 0.2) is 0 Å². The molecule has 4 heteroatoms. The van der Waals surface area contributed by atoms with E-state index in [0.29, 0.717) is 5.95 Å². The largest absolute Gasteiger partial charge is 0.357 e. The first-order valence-corrected chi connectivity index (χ1v) is 5.85. The van der Waals surface area contributed by atoms with Gasteiger partial charge in [0.25, 0.3) is 0 Å². The normalized spacial score (nSPS) is 10.8. The fraction of sp³-hybridized carbons (Fsp3) is 0.143. The van der Waals surface area contributed by atoms with Crippen molar-refractivity contribution in [1.82, 2.24) is 14.5 Å². The SMILES string of the molecule is CNc1nccc(-c2cn(C)c3ccccc23)n1. The quantitative estimate of drug-likeness (QED) is 0.746. The lowest BCUT2D eigenvalue weighted by Gasteiger charge is -2.01. The van der Waals surface area contributed by atoms with Gasteiger partial charge >= 0.3 is 0 Å². The Bertz CT molecular complexity index is 700. The Balaban J connectivity index is 2.25. The maximum absolute atomic E-state index is 4.49. The molecular formula is C14H14N4. The standard InChI is InChI=1S/C14H14N4/c1-15-14-16-8-7-12(17-14)11-9-18(2)13-6-4-3-5-10(11)13/h3-9H,1-2H3,(H,15,16,17). The van der Waals surface area contributed by atoms with Gasteiger partial charge in [-0.15, -0.1) is 0 Å². The minimum absolute atomic E-state index is 0.639. The molecule has 0 saturated carbocycles. The molecule has 0 unspecified atom stereocenters. The Labute approximate surface area is 105 Å². The van der Waals surface area contributed by atoms with Crippen LogP contribution in [0.3, 0.4) is 0 Å². The van der Waals surface area contributed by atoms with Gasteiger partial charge < -0.3 is 9.88 Å².